The lowest BCUT2D eigenvalue weighted by molar-refractivity contribution is 0.575. The molecule has 88 valence electrons. The van der Waals surface area contributed by atoms with Crippen LogP contribution in [0.15, 0.2) is 65.4 Å². The Balaban J connectivity index is 2.15. The molecule has 0 aliphatic rings. The molecule has 3 rings (SSSR count). The van der Waals surface area contributed by atoms with Gasteiger partial charge in [0.25, 0.3) is 0 Å². The summed E-state index contributed by atoms with van der Waals surface area (Å²) >= 11 is 0. The van der Waals surface area contributed by atoms with E-state index in [1.165, 1.54) is 11.1 Å². The van der Waals surface area contributed by atoms with Gasteiger partial charge in [0.05, 0.1) is 6.20 Å². The van der Waals surface area contributed by atoms with Crippen molar-refractivity contribution in [3.05, 3.63) is 66.6 Å². The van der Waals surface area contributed by atoms with E-state index in [9.17, 15) is 0 Å². The van der Waals surface area contributed by atoms with Crippen LogP contribution < -0.4 is 0 Å². The molecule has 0 bridgehead atoms. The predicted octanol–water partition coefficient (Wildman–Crippen LogP) is 4.32. The first-order valence-corrected chi connectivity index (χ1v) is 5.90. The third-order valence-electron chi connectivity index (χ3n) is 2.95. The van der Waals surface area contributed by atoms with Gasteiger partial charge < -0.3 is 4.42 Å². The van der Waals surface area contributed by atoms with Crippen LogP contribution in [0.1, 0.15) is 5.56 Å². The minimum absolute atomic E-state index is 0.658. The van der Waals surface area contributed by atoms with Crippen molar-refractivity contribution < 1.29 is 4.42 Å². The summed E-state index contributed by atoms with van der Waals surface area (Å²) < 4.78 is 5.39. The summed E-state index contributed by atoms with van der Waals surface area (Å²) in [7, 11) is 0. The van der Waals surface area contributed by atoms with Crippen LogP contribution in [0.5, 0.6) is 0 Å². The summed E-state index contributed by atoms with van der Waals surface area (Å²) in [6, 6.07) is 16.6. The number of benzene rings is 2. The maximum absolute atomic E-state index is 5.39. The SMILES string of the molecule is Cc1ccc(-c2ccccc2-c2ncco2)cc1. The van der Waals surface area contributed by atoms with Crippen molar-refractivity contribution in [2.45, 2.75) is 6.92 Å². The lowest BCUT2D eigenvalue weighted by atomic mass is 9.99. The van der Waals surface area contributed by atoms with E-state index in [-0.39, 0.29) is 0 Å². The molecule has 0 saturated heterocycles. The van der Waals surface area contributed by atoms with Crippen LogP contribution in [-0.2, 0) is 0 Å². The maximum atomic E-state index is 5.39. The Morgan fingerprint density at radius 2 is 1.61 bits per heavy atom. The molecule has 1 heterocycles. The van der Waals surface area contributed by atoms with Crippen molar-refractivity contribution in [3.63, 3.8) is 0 Å². The van der Waals surface area contributed by atoms with Crippen LogP contribution in [0.25, 0.3) is 22.6 Å². The largest absolute Gasteiger partial charge is 0.445 e. The first-order valence-electron chi connectivity index (χ1n) is 5.90. The molecule has 0 N–H and O–H groups in total. The highest BCUT2D eigenvalue weighted by atomic mass is 16.3. The molecule has 0 aliphatic carbocycles. The van der Waals surface area contributed by atoms with Crippen LogP contribution in [0.3, 0.4) is 0 Å². The van der Waals surface area contributed by atoms with E-state index >= 15 is 0 Å². The number of nitrogens with zero attached hydrogens (tertiary/aromatic N) is 1. The van der Waals surface area contributed by atoms with E-state index < -0.39 is 0 Å². The summed E-state index contributed by atoms with van der Waals surface area (Å²) in [5.74, 6) is 0.658. The van der Waals surface area contributed by atoms with Crippen molar-refractivity contribution in [2.24, 2.45) is 0 Å². The van der Waals surface area contributed by atoms with Crippen LogP contribution in [0, 0.1) is 6.92 Å². The molecule has 2 aromatic carbocycles. The molecule has 0 saturated carbocycles. The van der Waals surface area contributed by atoms with Crippen LogP contribution in [0.2, 0.25) is 0 Å². The maximum Gasteiger partial charge on any atom is 0.226 e. The standard InChI is InChI=1S/C16H13NO/c1-12-6-8-13(9-7-12)14-4-2-3-5-15(14)16-17-10-11-18-16/h2-11H,1H3. The second-order valence-corrected chi connectivity index (χ2v) is 4.25. The summed E-state index contributed by atoms with van der Waals surface area (Å²) in [5, 5.41) is 0. The smallest absolute Gasteiger partial charge is 0.226 e. The molecule has 18 heavy (non-hydrogen) atoms. The van der Waals surface area contributed by atoms with Crippen molar-refractivity contribution in [2.75, 3.05) is 0 Å². The normalized spacial score (nSPS) is 10.5. The Bertz CT molecular complexity index is 639. The molecule has 3 aromatic rings. The van der Waals surface area contributed by atoms with E-state index in [1.807, 2.05) is 18.2 Å². The van der Waals surface area contributed by atoms with E-state index in [4.69, 9.17) is 4.42 Å². The quantitative estimate of drug-likeness (QED) is 0.661. The van der Waals surface area contributed by atoms with Gasteiger partial charge in [-0.3, -0.25) is 0 Å². The van der Waals surface area contributed by atoms with Crippen molar-refractivity contribution in [3.8, 4) is 22.6 Å². The van der Waals surface area contributed by atoms with Crippen LogP contribution in [0.4, 0.5) is 0 Å². The minimum Gasteiger partial charge on any atom is -0.445 e. The van der Waals surface area contributed by atoms with Gasteiger partial charge in [-0.15, -0.1) is 0 Å². The average Bonchev–Trinajstić information content (AvgIpc) is 2.93. The van der Waals surface area contributed by atoms with Crippen molar-refractivity contribution in [1.82, 2.24) is 4.98 Å². The highest BCUT2D eigenvalue weighted by molar-refractivity contribution is 5.79. The molecule has 2 nitrogen and oxygen atoms in total. The molecular weight excluding hydrogens is 222 g/mol. The second kappa shape index (κ2) is 4.49. The first-order chi connectivity index (χ1) is 8.84. The number of hydrogen-bond acceptors (Lipinski definition) is 2. The number of rotatable bonds is 2. The molecule has 0 aliphatic heterocycles. The van der Waals surface area contributed by atoms with E-state index in [0.29, 0.717) is 5.89 Å². The molecule has 0 unspecified atom stereocenters. The zero-order valence-electron chi connectivity index (χ0n) is 10.1. The monoisotopic (exact) mass is 235 g/mol. The second-order valence-electron chi connectivity index (χ2n) is 4.25. The Hall–Kier alpha value is -2.35. The summed E-state index contributed by atoms with van der Waals surface area (Å²) in [5.41, 5.74) is 4.59. The summed E-state index contributed by atoms with van der Waals surface area (Å²) in [6.07, 6.45) is 3.27. The lowest BCUT2D eigenvalue weighted by Crippen LogP contribution is -1.85. The van der Waals surface area contributed by atoms with Gasteiger partial charge in [0.2, 0.25) is 5.89 Å². The van der Waals surface area contributed by atoms with E-state index in [0.717, 1.165) is 11.1 Å². The van der Waals surface area contributed by atoms with Gasteiger partial charge in [-0.1, -0.05) is 48.0 Å². The van der Waals surface area contributed by atoms with E-state index in [1.54, 1.807) is 12.5 Å². The van der Waals surface area contributed by atoms with Gasteiger partial charge >= 0.3 is 0 Å². The number of aryl methyl sites for hydroxylation is 1. The van der Waals surface area contributed by atoms with Gasteiger partial charge in [0.15, 0.2) is 0 Å². The number of oxazole rings is 1. The Morgan fingerprint density at radius 1 is 0.889 bits per heavy atom. The van der Waals surface area contributed by atoms with E-state index in [2.05, 4.69) is 42.2 Å². The van der Waals surface area contributed by atoms with Gasteiger partial charge in [-0.25, -0.2) is 4.98 Å². The molecule has 0 spiro atoms. The zero-order valence-corrected chi connectivity index (χ0v) is 10.1. The highest BCUT2D eigenvalue weighted by Gasteiger charge is 2.09. The third kappa shape index (κ3) is 1.93. The number of aromatic nitrogens is 1. The van der Waals surface area contributed by atoms with Crippen LogP contribution in [-0.4, -0.2) is 4.98 Å². The fraction of sp³-hybridized carbons (Fsp3) is 0.0625. The topological polar surface area (TPSA) is 26.0 Å². The van der Waals surface area contributed by atoms with Crippen molar-refractivity contribution >= 4 is 0 Å². The fourth-order valence-electron chi connectivity index (χ4n) is 2.01. The van der Waals surface area contributed by atoms with Gasteiger partial charge in [0.1, 0.15) is 6.26 Å². The molecular formula is C16H13NO. The highest BCUT2D eigenvalue weighted by Crippen LogP contribution is 2.30. The first kappa shape index (κ1) is 10.8. The Kier molecular flexibility index (Phi) is 2.69. The zero-order chi connectivity index (χ0) is 12.4. The van der Waals surface area contributed by atoms with Gasteiger partial charge in [-0.05, 0) is 24.1 Å². The molecule has 0 radical (unpaired) electrons. The molecule has 2 heteroatoms. The Morgan fingerprint density at radius 3 is 2.28 bits per heavy atom. The molecule has 0 amide bonds. The predicted molar refractivity (Wildman–Crippen MR) is 72.1 cm³/mol. The molecule has 1 aromatic heterocycles. The summed E-state index contributed by atoms with van der Waals surface area (Å²) in [4.78, 5) is 4.22. The number of hydrogen-bond donors (Lipinski definition) is 0. The van der Waals surface area contributed by atoms with Gasteiger partial charge in [0, 0.05) is 5.56 Å². The minimum atomic E-state index is 0.658. The Labute approximate surface area is 106 Å². The third-order valence-corrected chi connectivity index (χ3v) is 2.95. The van der Waals surface area contributed by atoms with Crippen LogP contribution >= 0.6 is 0 Å². The molecule has 0 atom stereocenters. The lowest BCUT2D eigenvalue weighted by Gasteiger charge is -2.07. The fourth-order valence-corrected chi connectivity index (χ4v) is 2.01. The summed E-state index contributed by atoms with van der Waals surface area (Å²) in [6.45, 7) is 2.09. The average molecular weight is 235 g/mol. The molecule has 0 fully saturated rings. The van der Waals surface area contributed by atoms with Crippen molar-refractivity contribution in [1.29, 1.82) is 0 Å². The van der Waals surface area contributed by atoms with Gasteiger partial charge in [-0.2, -0.15) is 0 Å².